The molecule has 0 unspecified atom stereocenters. The van der Waals surface area contributed by atoms with E-state index < -0.39 is 0 Å². The number of aromatic nitrogens is 2. The molecule has 1 heterocycles. The molecule has 1 fully saturated rings. The first kappa shape index (κ1) is 13.2. The highest BCUT2D eigenvalue weighted by atomic mass is 16.5. The maximum atomic E-state index is 11.9. The lowest BCUT2D eigenvalue weighted by molar-refractivity contribution is -0.150. The third-order valence-corrected chi connectivity index (χ3v) is 4.02. The van der Waals surface area contributed by atoms with Gasteiger partial charge in [-0.05, 0) is 43.7 Å². The Morgan fingerprint density at radius 3 is 2.85 bits per heavy atom. The van der Waals surface area contributed by atoms with Crippen molar-refractivity contribution in [3.63, 3.8) is 0 Å². The Bertz CT molecular complexity index is 583. The Kier molecular flexibility index (Phi) is 3.47. The van der Waals surface area contributed by atoms with Crippen molar-refractivity contribution >= 4 is 17.0 Å². The summed E-state index contributed by atoms with van der Waals surface area (Å²) >= 11 is 0. The lowest BCUT2D eigenvalue weighted by atomic mass is 10.0. The van der Waals surface area contributed by atoms with Gasteiger partial charge in [0.2, 0.25) is 0 Å². The van der Waals surface area contributed by atoms with Crippen molar-refractivity contribution in [2.24, 2.45) is 11.8 Å². The molecule has 1 aromatic heterocycles. The highest BCUT2D eigenvalue weighted by Crippen LogP contribution is 2.38. The van der Waals surface area contributed by atoms with Crippen molar-refractivity contribution in [3.05, 3.63) is 30.1 Å². The van der Waals surface area contributed by atoms with Crippen LogP contribution >= 0.6 is 0 Å². The Hall–Kier alpha value is -1.84. The van der Waals surface area contributed by atoms with Crippen LogP contribution in [0.5, 0.6) is 0 Å². The second-order valence-corrected chi connectivity index (χ2v) is 5.79. The van der Waals surface area contributed by atoms with E-state index in [2.05, 4.69) is 16.9 Å². The zero-order valence-corrected chi connectivity index (χ0v) is 11.9. The number of esters is 1. The van der Waals surface area contributed by atoms with Gasteiger partial charge in [-0.25, -0.2) is 4.98 Å². The minimum Gasteiger partial charge on any atom is -0.454 e. The monoisotopic (exact) mass is 272 g/mol. The third kappa shape index (κ3) is 2.84. The SMILES string of the molecule is C[C@H](OC(=O)C[C@H](C)C1CC1)c1nc2ccccc2[nH]1. The van der Waals surface area contributed by atoms with E-state index in [0.717, 1.165) is 17.0 Å². The summed E-state index contributed by atoms with van der Waals surface area (Å²) in [6, 6.07) is 7.81. The Labute approximate surface area is 118 Å². The normalized spacial score (nSPS) is 17.9. The first-order valence-electron chi connectivity index (χ1n) is 7.27. The average molecular weight is 272 g/mol. The number of H-pyrrole nitrogens is 1. The molecule has 106 valence electrons. The molecule has 1 aromatic carbocycles. The number of fused-ring (bicyclic) bond motifs is 1. The minimum atomic E-state index is -0.332. The molecule has 3 rings (SSSR count). The molecule has 2 atom stereocenters. The largest absolute Gasteiger partial charge is 0.454 e. The smallest absolute Gasteiger partial charge is 0.306 e. The third-order valence-electron chi connectivity index (χ3n) is 4.02. The number of rotatable bonds is 5. The van der Waals surface area contributed by atoms with E-state index in [-0.39, 0.29) is 12.1 Å². The van der Waals surface area contributed by atoms with Crippen LogP contribution in [0.4, 0.5) is 0 Å². The number of ether oxygens (including phenoxy) is 1. The number of aromatic amines is 1. The Morgan fingerprint density at radius 2 is 2.15 bits per heavy atom. The highest BCUT2D eigenvalue weighted by Gasteiger charge is 2.30. The first-order chi connectivity index (χ1) is 9.63. The fourth-order valence-corrected chi connectivity index (χ4v) is 2.56. The predicted octanol–water partition coefficient (Wildman–Crippen LogP) is 3.60. The van der Waals surface area contributed by atoms with E-state index >= 15 is 0 Å². The first-order valence-corrected chi connectivity index (χ1v) is 7.27. The van der Waals surface area contributed by atoms with Crippen molar-refractivity contribution in [1.82, 2.24) is 9.97 Å². The number of hydrogen-bond donors (Lipinski definition) is 1. The summed E-state index contributed by atoms with van der Waals surface area (Å²) in [5, 5.41) is 0. The van der Waals surface area contributed by atoms with Gasteiger partial charge in [0.15, 0.2) is 6.10 Å². The van der Waals surface area contributed by atoms with Crippen molar-refractivity contribution < 1.29 is 9.53 Å². The summed E-state index contributed by atoms with van der Waals surface area (Å²) in [5.41, 5.74) is 1.87. The predicted molar refractivity (Wildman–Crippen MR) is 77.1 cm³/mol. The summed E-state index contributed by atoms with van der Waals surface area (Å²) in [7, 11) is 0. The van der Waals surface area contributed by atoms with Crippen LogP contribution in [0, 0.1) is 11.8 Å². The molecule has 0 spiro atoms. The molecular weight excluding hydrogens is 252 g/mol. The van der Waals surface area contributed by atoms with E-state index in [9.17, 15) is 4.79 Å². The number of imidazole rings is 1. The van der Waals surface area contributed by atoms with Crippen molar-refractivity contribution in [3.8, 4) is 0 Å². The number of carbonyl (C=O) groups is 1. The molecule has 1 aliphatic rings. The van der Waals surface area contributed by atoms with Gasteiger partial charge in [0.05, 0.1) is 11.0 Å². The van der Waals surface area contributed by atoms with Gasteiger partial charge < -0.3 is 9.72 Å². The van der Waals surface area contributed by atoms with E-state index in [1.165, 1.54) is 12.8 Å². The number of para-hydroxylation sites is 2. The van der Waals surface area contributed by atoms with Crippen molar-refractivity contribution in [2.75, 3.05) is 0 Å². The fourth-order valence-electron chi connectivity index (χ4n) is 2.56. The Balaban J connectivity index is 1.62. The van der Waals surface area contributed by atoms with Crippen LogP contribution in [-0.2, 0) is 9.53 Å². The molecule has 0 saturated heterocycles. The standard InChI is InChI=1S/C16H20N2O2/c1-10(12-7-8-12)9-15(19)20-11(2)16-17-13-5-3-4-6-14(13)18-16/h3-6,10-12H,7-9H2,1-2H3,(H,17,18)/t10-,11-/m0/s1. The molecule has 0 aliphatic heterocycles. The van der Waals surface area contributed by atoms with Crippen LogP contribution in [0.25, 0.3) is 11.0 Å². The molecule has 0 amide bonds. The quantitative estimate of drug-likeness (QED) is 0.846. The van der Waals surface area contributed by atoms with Crippen LogP contribution in [0.15, 0.2) is 24.3 Å². The van der Waals surface area contributed by atoms with Crippen molar-refractivity contribution in [2.45, 2.75) is 39.2 Å². The minimum absolute atomic E-state index is 0.127. The van der Waals surface area contributed by atoms with Gasteiger partial charge in [-0.3, -0.25) is 4.79 Å². The van der Waals surface area contributed by atoms with Crippen LogP contribution < -0.4 is 0 Å². The lowest BCUT2D eigenvalue weighted by Gasteiger charge is -2.13. The van der Waals surface area contributed by atoms with Crippen LogP contribution in [0.1, 0.15) is 45.0 Å². The molecule has 1 saturated carbocycles. The van der Waals surface area contributed by atoms with Crippen molar-refractivity contribution in [1.29, 1.82) is 0 Å². The average Bonchev–Trinajstić information content (AvgIpc) is 3.17. The second-order valence-electron chi connectivity index (χ2n) is 5.79. The Morgan fingerprint density at radius 1 is 1.40 bits per heavy atom. The summed E-state index contributed by atoms with van der Waals surface area (Å²) in [4.78, 5) is 19.6. The zero-order chi connectivity index (χ0) is 14.1. The maximum absolute atomic E-state index is 11.9. The number of nitrogens with zero attached hydrogens (tertiary/aromatic N) is 1. The van der Waals surface area contributed by atoms with Gasteiger partial charge in [0, 0.05) is 6.42 Å². The number of hydrogen-bond acceptors (Lipinski definition) is 3. The number of nitrogens with one attached hydrogen (secondary N) is 1. The molecule has 1 N–H and O–H groups in total. The molecule has 2 aromatic rings. The van der Waals surface area contributed by atoms with E-state index in [1.54, 1.807) is 0 Å². The topological polar surface area (TPSA) is 55.0 Å². The van der Waals surface area contributed by atoms with E-state index in [4.69, 9.17) is 4.74 Å². The fraction of sp³-hybridized carbons (Fsp3) is 0.500. The van der Waals surface area contributed by atoms with E-state index in [0.29, 0.717) is 18.2 Å². The van der Waals surface area contributed by atoms with Gasteiger partial charge in [-0.2, -0.15) is 0 Å². The van der Waals surface area contributed by atoms with E-state index in [1.807, 2.05) is 31.2 Å². The molecule has 0 bridgehead atoms. The summed E-state index contributed by atoms with van der Waals surface area (Å²) in [6.45, 7) is 3.99. The van der Waals surface area contributed by atoms with Crippen LogP contribution in [0.2, 0.25) is 0 Å². The zero-order valence-electron chi connectivity index (χ0n) is 11.9. The van der Waals surface area contributed by atoms with Crippen LogP contribution in [0.3, 0.4) is 0 Å². The summed E-state index contributed by atoms with van der Waals surface area (Å²) in [5.74, 6) is 1.74. The highest BCUT2D eigenvalue weighted by molar-refractivity contribution is 5.75. The lowest BCUT2D eigenvalue weighted by Crippen LogP contribution is -2.14. The molecule has 1 aliphatic carbocycles. The number of carbonyl (C=O) groups excluding carboxylic acids is 1. The second kappa shape index (κ2) is 5.27. The van der Waals surface area contributed by atoms with Gasteiger partial charge >= 0.3 is 5.97 Å². The molecule has 20 heavy (non-hydrogen) atoms. The summed E-state index contributed by atoms with van der Waals surface area (Å²) in [6.07, 6.45) is 2.69. The molecule has 4 nitrogen and oxygen atoms in total. The van der Waals surface area contributed by atoms with Crippen LogP contribution in [-0.4, -0.2) is 15.9 Å². The summed E-state index contributed by atoms with van der Waals surface area (Å²) < 4.78 is 5.48. The van der Waals surface area contributed by atoms with Gasteiger partial charge in [0.1, 0.15) is 5.82 Å². The van der Waals surface area contributed by atoms with Gasteiger partial charge in [0.25, 0.3) is 0 Å². The molecule has 4 heteroatoms. The maximum Gasteiger partial charge on any atom is 0.306 e. The van der Waals surface area contributed by atoms with Gasteiger partial charge in [-0.1, -0.05) is 19.1 Å². The number of benzene rings is 1. The molecule has 0 radical (unpaired) electrons. The van der Waals surface area contributed by atoms with Gasteiger partial charge in [-0.15, -0.1) is 0 Å². The molecular formula is C16H20N2O2.